The highest BCUT2D eigenvalue weighted by Crippen LogP contribution is 2.64. The van der Waals surface area contributed by atoms with Crippen molar-refractivity contribution < 1.29 is 24.3 Å². The van der Waals surface area contributed by atoms with E-state index >= 15 is 4.79 Å². The Bertz CT molecular complexity index is 2810. The summed E-state index contributed by atoms with van der Waals surface area (Å²) in [4.78, 5) is 62.6. The van der Waals surface area contributed by atoms with E-state index in [-0.39, 0.29) is 29.9 Å². The summed E-state index contributed by atoms with van der Waals surface area (Å²) in [7, 11) is 1.72. The SMILES string of the molecule is Cc1cccc([C@H]2C3=CC[C@@H]4C(=O)N(c5ccc(Nc6ccccc6)cc5)C(=O)[C@@H]4[C@@H]3C[C@H]3C(=O)N(c4cc(-c5sc6ccc(Cl)cc6c5C)nn4C)C(=O)[C@@]23C)c1O. The maximum Gasteiger partial charge on any atom is 0.242 e. The number of para-hydroxylation sites is 2. The van der Waals surface area contributed by atoms with Crippen LogP contribution in [0, 0.1) is 42.9 Å². The fourth-order valence-electron chi connectivity index (χ4n) is 10.3. The number of anilines is 4. The van der Waals surface area contributed by atoms with Crippen LogP contribution in [0.2, 0.25) is 5.02 Å². The molecule has 1 saturated carbocycles. The number of rotatable bonds is 6. The van der Waals surface area contributed by atoms with E-state index in [1.54, 1.807) is 54.3 Å². The molecule has 2 N–H and O–H groups in total. The molecule has 0 bridgehead atoms. The number of carbonyl (C=O) groups excluding carboxylic acids is 4. The molecule has 296 valence electrons. The van der Waals surface area contributed by atoms with Crippen LogP contribution in [0.3, 0.4) is 0 Å². The first kappa shape index (κ1) is 37.2. The summed E-state index contributed by atoms with van der Waals surface area (Å²) in [6.45, 7) is 5.64. The molecule has 0 unspecified atom stereocenters. The topological polar surface area (TPSA) is 125 Å². The molecule has 4 heterocycles. The monoisotopic (exact) mass is 821 g/mol. The van der Waals surface area contributed by atoms with Crippen LogP contribution >= 0.6 is 22.9 Å². The number of nitrogens with zero attached hydrogens (tertiary/aromatic N) is 4. The summed E-state index contributed by atoms with van der Waals surface area (Å²) in [5.74, 6) is -4.49. The summed E-state index contributed by atoms with van der Waals surface area (Å²) in [5, 5.41) is 21.5. The van der Waals surface area contributed by atoms with Crippen molar-refractivity contribution in [3.8, 4) is 16.3 Å². The number of hydrogen-bond acceptors (Lipinski definition) is 8. The van der Waals surface area contributed by atoms with Gasteiger partial charge in [-0.25, -0.2) is 4.90 Å². The third kappa shape index (κ3) is 5.47. The van der Waals surface area contributed by atoms with E-state index in [2.05, 4.69) is 5.32 Å². The lowest BCUT2D eigenvalue weighted by Gasteiger charge is -2.49. The number of hydrogen-bond donors (Lipinski definition) is 2. The van der Waals surface area contributed by atoms with Gasteiger partial charge in [-0.3, -0.25) is 28.8 Å². The second-order valence-corrected chi connectivity index (χ2v) is 17.9. The van der Waals surface area contributed by atoms with Crippen molar-refractivity contribution in [2.75, 3.05) is 15.1 Å². The molecule has 0 radical (unpaired) electrons. The Hall–Kier alpha value is -6.04. The molecular weight excluding hydrogens is 782 g/mol. The minimum absolute atomic E-state index is 0.0441. The van der Waals surface area contributed by atoms with Gasteiger partial charge in [-0.15, -0.1) is 11.3 Å². The van der Waals surface area contributed by atoms with E-state index in [1.165, 1.54) is 9.80 Å². The van der Waals surface area contributed by atoms with Crippen LogP contribution in [0.15, 0.2) is 109 Å². The van der Waals surface area contributed by atoms with Crippen LogP contribution in [0.4, 0.5) is 22.9 Å². The summed E-state index contributed by atoms with van der Waals surface area (Å²) < 4.78 is 2.62. The Balaban J connectivity index is 1.03. The summed E-state index contributed by atoms with van der Waals surface area (Å²) in [6.07, 6.45) is 2.49. The third-order valence-electron chi connectivity index (χ3n) is 13.3. The number of benzene rings is 4. The fraction of sp³-hybridized carbons (Fsp3) is 0.255. The number of imide groups is 2. The number of phenolic OH excluding ortho intramolecular Hbond substituents is 1. The number of fused-ring (bicyclic) bond motifs is 5. The smallest absolute Gasteiger partial charge is 0.242 e. The maximum absolute atomic E-state index is 15.2. The van der Waals surface area contributed by atoms with Gasteiger partial charge < -0.3 is 10.4 Å². The Kier molecular flexibility index (Phi) is 8.52. The third-order valence-corrected chi connectivity index (χ3v) is 14.8. The van der Waals surface area contributed by atoms with Gasteiger partial charge in [0.2, 0.25) is 23.6 Å². The molecule has 10 nitrogen and oxygen atoms in total. The second kappa shape index (κ2) is 13.5. The Morgan fingerprint density at radius 1 is 0.847 bits per heavy atom. The van der Waals surface area contributed by atoms with Gasteiger partial charge in [0.15, 0.2) is 0 Å². The van der Waals surface area contributed by atoms with Crippen LogP contribution in [0.5, 0.6) is 5.75 Å². The highest BCUT2D eigenvalue weighted by atomic mass is 35.5. The highest BCUT2D eigenvalue weighted by Gasteiger charge is 2.68. The molecular formula is C47H40ClN5O5S. The molecule has 10 rings (SSSR count). The molecule has 4 aliphatic rings. The average molecular weight is 822 g/mol. The number of aryl methyl sites for hydroxylation is 3. The minimum atomic E-state index is -1.32. The molecule has 4 aromatic carbocycles. The summed E-state index contributed by atoms with van der Waals surface area (Å²) in [5.41, 5.74) is 4.48. The van der Waals surface area contributed by atoms with Gasteiger partial charge in [-0.1, -0.05) is 59.6 Å². The fourth-order valence-corrected chi connectivity index (χ4v) is 11.7. The van der Waals surface area contributed by atoms with Gasteiger partial charge in [0, 0.05) is 45.7 Å². The number of halogens is 1. The van der Waals surface area contributed by atoms with E-state index in [1.807, 2.05) is 92.7 Å². The number of aromatic hydroxyl groups is 1. The highest BCUT2D eigenvalue weighted by molar-refractivity contribution is 7.22. The van der Waals surface area contributed by atoms with Crippen LogP contribution in [-0.4, -0.2) is 38.5 Å². The van der Waals surface area contributed by atoms with Crippen LogP contribution in [0.25, 0.3) is 20.7 Å². The van der Waals surface area contributed by atoms with Crippen LogP contribution < -0.4 is 15.1 Å². The van der Waals surface area contributed by atoms with E-state index < -0.39 is 40.9 Å². The molecule has 4 amide bonds. The first-order chi connectivity index (χ1) is 28.4. The number of amides is 4. The van der Waals surface area contributed by atoms with E-state index in [9.17, 15) is 19.5 Å². The zero-order valence-corrected chi connectivity index (χ0v) is 34.3. The maximum atomic E-state index is 15.2. The number of thiophene rings is 1. The normalized spacial score (nSPS) is 25.0. The van der Waals surface area contributed by atoms with Gasteiger partial charge in [-0.2, -0.15) is 5.10 Å². The van der Waals surface area contributed by atoms with Crippen LogP contribution in [0.1, 0.15) is 42.4 Å². The van der Waals surface area contributed by atoms with Crippen molar-refractivity contribution in [1.82, 2.24) is 9.78 Å². The number of carbonyl (C=O) groups is 4. The molecule has 2 aliphatic heterocycles. The van der Waals surface area contributed by atoms with E-state index in [0.717, 1.165) is 37.5 Å². The Labute approximate surface area is 349 Å². The van der Waals surface area contributed by atoms with Crippen molar-refractivity contribution in [3.63, 3.8) is 0 Å². The molecule has 0 spiro atoms. The molecule has 2 saturated heterocycles. The summed E-state index contributed by atoms with van der Waals surface area (Å²) >= 11 is 7.91. The molecule has 3 fully saturated rings. The van der Waals surface area contributed by atoms with Crippen molar-refractivity contribution in [2.24, 2.45) is 36.1 Å². The van der Waals surface area contributed by atoms with Gasteiger partial charge in [0.1, 0.15) is 17.3 Å². The number of phenols is 1. The van der Waals surface area contributed by atoms with Crippen molar-refractivity contribution in [2.45, 2.75) is 39.5 Å². The largest absolute Gasteiger partial charge is 0.507 e. The molecule has 59 heavy (non-hydrogen) atoms. The van der Waals surface area contributed by atoms with Crippen molar-refractivity contribution >= 4 is 79.5 Å². The second-order valence-electron chi connectivity index (χ2n) is 16.4. The van der Waals surface area contributed by atoms with Crippen molar-refractivity contribution in [3.05, 3.63) is 130 Å². The first-order valence-corrected chi connectivity index (χ1v) is 21.0. The van der Waals surface area contributed by atoms with Crippen molar-refractivity contribution in [1.29, 1.82) is 0 Å². The number of allylic oxidation sites excluding steroid dienone is 2. The molecule has 2 aliphatic carbocycles. The van der Waals surface area contributed by atoms with Gasteiger partial charge in [0.05, 0.1) is 33.7 Å². The standard InChI is InChI=1S/C47H40ClN5O5S/c1-24-9-8-12-32(41(24)54)40-30-18-19-31-39(45(57)52(43(31)55)29-16-14-28(15-17-29)49-27-10-6-5-7-11-27)34(30)22-35-44(56)53(46(58)47(35,40)3)38-23-36(50-51(38)4)42-25(2)33-21-26(48)13-20-37(33)59-42/h5-18,20-21,23,31,34-35,39-40,49,54H,19,22H2,1-4H3/t31-,34+,35-,39-,40+,47+/m0/s1. The van der Waals surface area contributed by atoms with Gasteiger partial charge in [0.25, 0.3) is 0 Å². The number of aromatic nitrogens is 2. The van der Waals surface area contributed by atoms with Gasteiger partial charge in [-0.05, 0) is 111 Å². The Morgan fingerprint density at radius 2 is 1.59 bits per heavy atom. The zero-order valence-electron chi connectivity index (χ0n) is 32.8. The molecule has 2 aromatic heterocycles. The Morgan fingerprint density at radius 3 is 2.36 bits per heavy atom. The molecule has 6 aromatic rings. The predicted octanol–water partition coefficient (Wildman–Crippen LogP) is 9.46. The lowest BCUT2D eigenvalue weighted by atomic mass is 9.51. The lowest BCUT2D eigenvalue weighted by molar-refractivity contribution is -0.131. The zero-order chi connectivity index (χ0) is 41.1. The van der Waals surface area contributed by atoms with E-state index in [0.29, 0.717) is 39.8 Å². The minimum Gasteiger partial charge on any atom is -0.507 e. The average Bonchev–Trinajstić information content (AvgIpc) is 3.90. The predicted molar refractivity (Wildman–Crippen MR) is 230 cm³/mol. The van der Waals surface area contributed by atoms with Gasteiger partial charge >= 0.3 is 0 Å². The first-order valence-electron chi connectivity index (χ1n) is 19.8. The summed E-state index contributed by atoms with van der Waals surface area (Å²) in [6, 6.07) is 29.9. The quantitative estimate of drug-likeness (QED) is 0.127. The lowest BCUT2D eigenvalue weighted by Crippen LogP contribution is -2.49. The number of nitrogens with one attached hydrogen (secondary N) is 1. The molecule has 6 atom stereocenters. The van der Waals surface area contributed by atoms with E-state index in [4.69, 9.17) is 16.7 Å². The molecule has 12 heteroatoms. The van der Waals surface area contributed by atoms with Crippen LogP contribution in [-0.2, 0) is 26.2 Å².